The van der Waals surface area contributed by atoms with Crippen LogP contribution in [0.4, 0.5) is 0 Å². The summed E-state index contributed by atoms with van der Waals surface area (Å²) in [5, 5.41) is 4.54. The molecule has 1 fully saturated rings. The zero-order valence-corrected chi connectivity index (χ0v) is 12.3. The molecule has 0 aromatic heterocycles. The van der Waals surface area contributed by atoms with Gasteiger partial charge < -0.3 is 10.1 Å². The summed E-state index contributed by atoms with van der Waals surface area (Å²) in [6, 6.07) is 4.73. The van der Waals surface area contributed by atoms with E-state index in [4.69, 9.17) is 16.3 Å². The van der Waals surface area contributed by atoms with Gasteiger partial charge in [0.1, 0.15) is 5.75 Å². The molecule has 1 aromatic rings. The summed E-state index contributed by atoms with van der Waals surface area (Å²) < 4.78 is 5.75. The highest BCUT2D eigenvalue weighted by molar-refractivity contribution is 6.30. The molecule has 0 radical (unpaired) electrons. The van der Waals surface area contributed by atoms with Crippen molar-refractivity contribution in [2.45, 2.75) is 51.6 Å². The SMILES string of the molecule is CC1CCCCC1NCc1cc(Cl)cc2c1OCC2. The van der Waals surface area contributed by atoms with Crippen LogP contribution < -0.4 is 10.1 Å². The minimum atomic E-state index is 0.643. The first-order valence-electron chi connectivity index (χ1n) is 7.41. The number of halogens is 1. The third-order valence-corrected chi connectivity index (χ3v) is 4.71. The summed E-state index contributed by atoms with van der Waals surface area (Å²) in [5.74, 6) is 1.85. The number of benzene rings is 1. The molecule has 1 aliphatic heterocycles. The minimum Gasteiger partial charge on any atom is -0.493 e. The second-order valence-corrected chi connectivity index (χ2v) is 6.34. The van der Waals surface area contributed by atoms with E-state index in [0.29, 0.717) is 6.04 Å². The average Bonchev–Trinajstić information content (AvgIpc) is 2.85. The molecule has 1 heterocycles. The molecular weight excluding hydrogens is 258 g/mol. The Balaban J connectivity index is 1.70. The fraction of sp³-hybridized carbons (Fsp3) is 0.625. The van der Waals surface area contributed by atoms with E-state index in [1.54, 1.807) is 0 Å². The first kappa shape index (κ1) is 13.3. The predicted octanol–water partition coefficient (Wildman–Crippen LogP) is 3.94. The highest BCUT2D eigenvalue weighted by Gasteiger charge is 2.22. The van der Waals surface area contributed by atoms with Crippen LogP contribution in [0.1, 0.15) is 43.7 Å². The summed E-state index contributed by atoms with van der Waals surface area (Å²) in [6.45, 7) is 4.02. The Kier molecular flexibility index (Phi) is 3.99. The van der Waals surface area contributed by atoms with Gasteiger partial charge in [0, 0.05) is 29.6 Å². The standard InChI is InChI=1S/C16H22ClNO/c1-11-4-2-3-5-15(11)18-10-13-9-14(17)8-12-6-7-19-16(12)13/h8-9,11,15,18H,2-7,10H2,1H3. The van der Waals surface area contributed by atoms with E-state index < -0.39 is 0 Å². The number of hydrogen-bond acceptors (Lipinski definition) is 2. The van der Waals surface area contributed by atoms with Gasteiger partial charge in [-0.3, -0.25) is 0 Å². The van der Waals surface area contributed by atoms with Crippen LogP contribution in [0.5, 0.6) is 5.75 Å². The van der Waals surface area contributed by atoms with Crippen molar-refractivity contribution < 1.29 is 4.74 Å². The normalized spacial score (nSPS) is 26.0. The Morgan fingerprint density at radius 2 is 2.16 bits per heavy atom. The van der Waals surface area contributed by atoms with Gasteiger partial charge in [0.05, 0.1) is 6.61 Å². The lowest BCUT2D eigenvalue weighted by Gasteiger charge is -2.30. The summed E-state index contributed by atoms with van der Waals surface area (Å²) in [4.78, 5) is 0. The Morgan fingerprint density at radius 1 is 1.32 bits per heavy atom. The summed E-state index contributed by atoms with van der Waals surface area (Å²) in [7, 11) is 0. The van der Waals surface area contributed by atoms with Crippen molar-refractivity contribution in [3.63, 3.8) is 0 Å². The molecule has 1 aromatic carbocycles. The van der Waals surface area contributed by atoms with Crippen LogP contribution in [0.25, 0.3) is 0 Å². The van der Waals surface area contributed by atoms with Crippen LogP contribution in [-0.4, -0.2) is 12.6 Å². The van der Waals surface area contributed by atoms with Gasteiger partial charge in [-0.05, 0) is 36.5 Å². The van der Waals surface area contributed by atoms with Crippen LogP contribution in [0.3, 0.4) is 0 Å². The number of fused-ring (bicyclic) bond motifs is 1. The van der Waals surface area contributed by atoms with Crippen molar-refractivity contribution >= 4 is 11.6 Å². The molecule has 104 valence electrons. The third kappa shape index (κ3) is 2.90. The smallest absolute Gasteiger partial charge is 0.127 e. The van der Waals surface area contributed by atoms with Crippen molar-refractivity contribution in [3.05, 3.63) is 28.3 Å². The van der Waals surface area contributed by atoms with E-state index >= 15 is 0 Å². The van der Waals surface area contributed by atoms with Gasteiger partial charge in [0.25, 0.3) is 0 Å². The van der Waals surface area contributed by atoms with Crippen LogP contribution >= 0.6 is 11.6 Å². The summed E-state index contributed by atoms with van der Waals surface area (Å²) in [5.41, 5.74) is 2.48. The largest absolute Gasteiger partial charge is 0.493 e. The number of rotatable bonds is 3. The maximum absolute atomic E-state index is 6.20. The van der Waals surface area contributed by atoms with Crippen molar-refractivity contribution in [2.75, 3.05) is 6.61 Å². The number of nitrogens with one attached hydrogen (secondary N) is 1. The highest BCUT2D eigenvalue weighted by Crippen LogP contribution is 2.33. The van der Waals surface area contributed by atoms with Crippen molar-refractivity contribution in [1.82, 2.24) is 5.32 Å². The predicted molar refractivity (Wildman–Crippen MR) is 78.9 cm³/mol. The first-order valence-corrected chi connectivity index (χ1v) is 7.79. The third-order valence-electron chi connectivity index (χ3n) is 4.49. The Morgan fingerprint density at radius 3 is 3.00 bits per heavy atom. The number of hydrogen-bond donors (Lipinski definition) is 1. The minimum absolute atomic E-state index is 0.643. The van der Waals surface area contributed by atoms with Crippen molar-refractivity contribution in [1.29, 1.82) is 0 Å². The van der Waals surface area contributed by atoms with E-state index in [1.807, 2.05) is 12.1 Å². The van der Waals surface area contributed by atoms with E-state index in [-0.39, 0.29) is 0 Å². The zero-order chi connectivity index (χ0) is 13.2. The van der Waals surface area contributed by atoms with Gasteiger partial charge >= 0.3 is 0 Å². The van der Waals surface area contributed by atoms with Crippen LogP contribution in [0, 0.1) is 5.92 Å². The van der Waals surface area contributed by atoms with Gasteiger partial charge in [0.15, 0.2) is 0 Å². The molecule has 1 aliphatic carbocycles. The van der Waals surface area contributed by atoms with Gasteiger partial charge in [-0.15, -0.1) is 0 Å². The van der Waals surface area contributed by atoms with Gasteiger partial charge in [0.2, 0.25) is 0 Å². The lowest BCUT2D eigenvalue weighted by atomic mass is 9.86. The van der Waals surface area contributed by atoms with Gasteiger partial charge in [-0.25, -0.2) is 0 Å². The fourth-order valence-electron chi connectivity index (χ4n) is 3.34. The Bertz CT molecular complexity index is 460. The van der Waals surface area contributed by atoms with Crippen LogP contribution in [-0.2, 0) is 13.0 Å². The molecule has 1 N–H and O–H groups in total. The molecule has 2 unspecified atom stereocenters. The molecule has 3 rings (SSSR count). The average molecular weight is 280 g/mol. The zero-order valence-electron chi connectivity index (χ0n) is 11.5. The van der Waals surface area contributed by atoms with E-state index in [1.165, 1.54) is 36.8 Å². The second kappa shape index (κ2) is 5.72. The molecule has 0 amide bonds. The summed E-state index contributed by atoms with van der Waals surface area (Å²) in [6.07, 6.45) is 6.37. The fourth-order valence-corrected chi connectivity index (χ4v) is 3.60. The lowest BCUT2D eigenvalue weighted by Crippen LogP contribution is -2.36. The van der Waals surface area contributed by atoms with Crippen LogP contribution in [0.15, 0.2) is 12.1 Å². The Labute approximate surface area is 120 Å². The molecule has 19 heavy (non-hydrogen) atoms. The summed E-state index contributed by atoms with van der Waals surface area (Å²) >= 11 is 6.20. The van der Waals surface area contributed by atoms with E-state index in [9.17, 15) is 0 Å². The molecule has 2 atom stereocenters. The first-order chi connectivity index (χ1) is 9.24. The monoisotopic (exact) mass is 279 g/mol. The molecule has 2 nitrogen and oxygen atoms in total. The Hall–Kier alpha value is -0.730. The number of ether oxygens (including phenoxy) is 1. The molecule has 0 spiro atoms. The quantitative estimate of drug-likeness (QED) is 0.905. The van der Waals surface area contributed by atoms with Crippen molar-refractivity contribution in [2.24, 2.45) is 5.92 Å². The van der Waals surface area contributed by atoms with Gasteiger partial charge in [-0.1, -0.05) is 31.4 Å². The van der Waals surface area contributed by atoms with Crippen LogP contribution in [0.2, 0.25) is 5.02 Å². The second-order valence-electron chi connectivity index (χ2n) is 5.90. The molecule has 1 saturated carbocycles. The maximum Gasteiger partial charge on any atom is 0.127 e. The molecular formula is C16H22ClNO. The maximum atomic E-state index is 6.20. The van der Waals surface area contributed by atoms with Gasteiger partial charge in [-0.2, -0.15) is 0 Å². The molecule has 3 heteroatoms. The topological polar surface area (TPSA) is 21.3 Å². The van der Waals surface area contributed by atoms with Crippen molar-refractivity contribution in [3.8, 4) is 5.75 Å². The molecule has 0 bridgehead atoms. The highest BCUT2D eigenvalue weighted by atomic mass is 35.5. The van der Waals surface area contributed by atoms with E-state index in [2.05, 4.69) is 12.2 Å². The molecule has 0 saturated heterocycles. The van der Waals surface area contributed by atoms with E-state index in [0.717, 1.165) is 36.3 Å². The lowest BCUT2D eigenvalue weighted by molar-refractivity contribution is 0.277. The molecule has 2 aliphatic rings.